The standard InChI is InChI=1S/C23H30N6O/c1-15-6-7-16(12-18(15)26-22(30)23(2,3)4)19-14-29-20(25-19)8-9-21(27-29)28-11-10-17(13-28)24-5/h6-9,12,14,17,24H,10-11,13H2,1-5H3,(H,26,30)/t17-/m0/s1. The Morgan fingerprint density at radius 3 is 2.70 bits per heavy atom. The number of nitrogens with one attached hydrogen (secondary N) is 2. The van der Waals surface area contributed by atoms with E-state index in [0.717, 1.165) is 53.5 Å². The van der Waals surface area contributed by atoms with Crippen LogP contribution in [-0.2, 0) is 4.79 Å². The molecule has 0 saturated carbocycles. The van der Waals surface area contributed by atoms with E-state index in [1.165, 1.54) is 0 Å². The van der Waals surface area contributed by atoms with Gasteiger partial charge in [0.05, 0.1) is 11.9 Å². The molecule has 30 heavy (non-hydrogen) atoms. The van der Waals surface area contributed by atoms with E-state index in [9.17, 15) is 4.79 Å². The monoisotopic (exact) mass is 406 g/mol. The predicted molar refractivity (Wildman–Crippen MR) is 121 cm³/mol. The molecule has 2 N–H and O–H groups in total. The summed E-state index contributed by atoms with van der Waals surface area (Å²) in [6.07, 6.45) is 3.07. The van der Waals surface area contributed by atoms with Crippen molar-refractivity contribution >= 4 is 23.1 Å². The summed E-state index contributed by atoms with van der Waals surface area (Å²) >= 11 is 0. The van der Waals surface area contributed by atoms with Crippen LogP contribution in [0.15, 0.2) is 36.5 Å². The first-order valence-corrected chi connectivity index (χ1v) is 10.5. The molecule has 1 fully saturated rings. The maximum absolute atomic E-state index is 12.4. The second-order valence-corrected chi connectivity index (χ2v) is 9.07. The van der Waals surface area contributed by atoms with Gasteiger partial charge in [0.2, 0.25) is 5.91 Å². The Morgan fingerprint density at radius 2 is 2.00 bits per heavy atom. The van der Waals surface area contributed by atoms with Crippen molar-refractivity contribution in [1.82, 2.24) is 19.9 Å². The van der Waals surface area contributed by atoms with Crippen molar-refractivity contribution < 1.29 is 4.79 Å². The number of carbonyl (C=O) groups excluding carboxylic acids is 1. The van der Waals surface area contributed by atoms with Crippen molar-refractivity contribution in [3.63, 3.8) is 0 Å². The van der Waals surface area contributed by atoms with Crippen LogP contribution in [0.3, 0.4) is 0 Å². The molecule has 1 saturated heterocycles. The minimum Gasteiger partial charge on any atom is -0.354 e. The molecule has 2 aromatic heterocycles. The van der Waals surface area contributed by atoms with Crippen LogP contribution in [0.5, 0.6) is 0 Å². The third-order valence-electron chi connectivity index (χ3n) is 5.69. The van der Waals surface area contributed by atoms with Crippen LogP contribution >= 0.6 is 0 Å². The molecule has 1 atom stereocenters. The van der Waals surface area contributed by atoms with Crippen LogP contribution in [0.25, 0.3) is 16.9 Å². The number of amides is 1. The van der Waals surface area contributed by atoms with E-state index >= 15 is 0 Å². The quantitative estimate of drug-likeness (QED) is 0.694. The first-order valence-electron chi connectivity index (χ1n) is 10.5. The molecule has 3 aromatic rings. The van der Waals surface area contributed by atoms with Crippen LogP contribution in [0.1, 0.15) is 32.8 Å². The predicted octanol–water partition coefficient (Wildman–Crippen LogP) is 3.49. The molecule has 0 unspecified atom stereocenters. The summed E-state index contributed by atoms with van der Waals surface area (Å²) in [5, 5.41) is 11.2. The van der Waals surface area contributed by atoms with Crippen molar-refractivity contribution in [2.24, 2.45) is 5.41 Å². The molecular weight excluding hydrogens is 376 g/mol. The van der Waals surface area contributed by atoms with Crippen molar-refractivity contribution in [2.75, 3.05) is 30.4 Å². The van der Waals surface area contributed by atoms with Gasteiger partial charge in [0.15, 0.2) is 5.65 Å². The van der Waals surface area contributed by atoms with Crippen LogP contribution < -0.4 is 15.5 Å². The third-order valence-corrected chi connectivity index (χ3v) is 5.69. The van der Waals surface area contributed by atoms with Gasteiger partial charge >= 0.3 is 0 Å². The molecule has 7 heteroatoms. The fraction of sp³-hybridized carbons (Fsp3) is 0.435. The Labute approximate surface area is 177 Å². The summed E-state index contributed by atoms with van der Waals surface area (Å²) in [6, 6.07) is 10.6. The van der Waals surface area contributed by atoms with E-state index in [4.69, 9.17) is 10.1 Å². The van der Waals surface area contributed by atoms with E-state index in [-0.39, 0.29) is 5.91 Å². The molecule has 1 aliphatic rings. The summed E-state index contributed by atoms with van der Waals surface area (Å²) in [4.78, 5) is 19.5. The molecular formula is C23H30N6O. The molecule has 158 valence electrons. The number of anilines is 2. The molecule has 1 amide bonds. The lowest BCUT2D eigenvalue weighted by atomic mass is 9.95. The highest BCUT2D eigenvalue weighted by Gasteiger charge is 2.23. The maximum Gasteiger partial charge on any atom is 0.229 e. The molecule has 0 radical (unpaired) electrons. The maximum atomic E-state index is 12.4. The topological polar surface area (TPSA) is 74.6 Å². The first kappa shape index (κ1) is 20.3. The van der Waals surface area contributed by atoms with Gasteiger partial charge in [-0.3, -0.25) is 4.79 Å². The van der Waals surface area contributed by atoms with Crippen LogP contribution in [0.2, 0.25) is 0 Å². The zero-order valence-electron chi connectivity index (χ0n) is 18.4. The zero-order valence-corrected chi connectivity index (χ0v) is 18.4. The van der Waals surface area contributed by atoms with Gasteiger partial charge in [-0.15, -0.1) is 5.10 Å². The molecule has 1 aromatic carbocycles. The average Bonchev–Trinajstić information content (AvgIpc) is 3.35. The van der Waals surface area contributed by atoms with E-state index < -0.39 is 5.41 Å². The van der Waals surface area contributed by atoms with Gasteiger partial charge in [0, 0.05) is 35.8 Å². The third kappa shape index (κ3) is 4.03. The van der Waals surface area contributed by atoms with Gasteiger partial charge < -0.3 is 15.5 Å². The van der Waals surface area contributed by atoms with Crippen molar-refractivity contribution in [3.05, 3.63) is 42.1 Å². The molecule has 0 bridgehead atoms. The zero-order chi connectivity index (χ0) is 21.5. The number of aryl methyl sites for hydroxylation is 1. The van der Waals surface area contributed by atoms with E-state index in [1.54, 1.807) is 0 Å². The minimum atomic E-state index is -0.451. The smallest absolute Gasteiger partial charge is 0.229 e. The summed E-state index contributed by atoms with van der Waals surface area (Å²) in [7, 11) is 2.01. The number of benzene rings is 1. The highest BCUT2D eigenvalue weighted by Crippen LogP contribution is 2.27. The average molecular weight is 407 g/mol. The summed E-state index contributed by atoms with van der Waals surface area (Å²) in [5.41, 5.74) is 3.97. The van der Waals surface area contributed by atoms with Crippen LogP contribution in [0.4, 0.5) is 11.5 Å². The lowest BCUT2D eigenvalue weighted by molar-refractivity contribution is -0.123. The number of hydrogen-bond donors (Lipinski definition) is 2. The number of aromatic nitrogens is 3. The Hall–Kier alpha value is -2.93. The Bertz CT molecular complexity index is 1080. The molecule has 7 nitrogen and oxygen atoms in total. The second-order valence-electron chi connectivity index (χ2n) is 9.07. The number of likely N-dealkylation sites (N-methyl/N-ethyl adjacent to an activating group) is 1. The molecule has 1 aliphatic heterocycles. The number of nitrogens with zero attached hydrogens (tertiary/aromatic N) is 4. The van der Waals surface area contributed by atoms with Crippen molar-refractivity contribution in [1.29, 1.82) is 0 Å². The summed E-state index contributed by atoms with van der Waals surface area (Å²) in [6.45, 7) is 9.68. The number of rotatable bonds is 4. The highest BCUT2D eigenvalue weighted by molar-refractivity contribution is 5.95. The fourth-order valence-electron chi connectivity index (χ4n) is 3.61. The van der Waals surface area contributed by atoms with Gasteiger partial charge in [-0.1, -0.05) is 32.9 Å². The molecule has 0 aliphatic carbocycles. The van der Waals surface area contributed by atoms with Gasteiger partial charge in [-0.05, 0) is 44.2 Å². The van der Waals surface area contributed by atoms with Crippen LogP contribution in [-0.4, -0.2) is 46.7 Å². The highest BCUT2D eigenvalue weighted by atomic mass is 16.2. The van der Waals surface area contributed by atoms with E-state index in [2.05, 4.69) is 15.5 Å². The fourth-order valence-corrected chi connectivity index (χ4v) is 3.61. The summed E-state index contributed by atoms with van der Waals surface area (Å²) in [5.74, 6) is 0.959. The van der Waals surface area contributed by atoms with Gasteiger partial charge in [0.1, 0.15) is 5.82 Å². The molecule has 4 rings (SSSR count). The largest absolute Gasteiger partial charge is 0.354 e. The number of carbonyl (C=O) groups is 1. The lowest BCUT2D eigenvalue weighted by Crippen LogP contribution is -2.30. The lowest BCUT2D eigenvalue weighted by Gasteiger charge is -2.19. The van der Waals surface area contributed by atoms with Gasteiger partial charge in [-0.25, -0.2) is 9.50 Å². The van der Waals surface area contributed by atoms with Gasteiger partial charge in [-0.2, -0.15) is 0 Å². The molecule has 3 heterocycles. The number of fused-ring (bicyclic) bond motifs is 1. The SMILES string of the molecule is CN[C@H]1CCN(c2ccc3nc(-c4ccc(C)c(NC(=O)C(C)(C)C)c4)cn3n2)C1. The Kier molecular flexibility index (Phi) is 5.24. The van der Waals surface area contributed by atoms with Crippen molar-refractivity contribution in [2.45, 2.75) is 40.2 Å². The van der Waals surface area contributed by atoms with Gasteiger partial charge in [0.25, 0.3) is 0 Å². The Morgan fingerprint density at radius 1 is 1.20 bits per heavy atom. The van der Waals surface area contributed by atoms with Crippen LogP contribution in [0, 0.1) is 12.3 Å². The normalized spacial score (nSPS) is 17.0. The molecule has 0 spiro atoms. The number of hydrogen-bond acceptors (Lipinski definition) is 5. The summed E-state index contributed by atoms with van der Waals surface area (Å²) < 4.78 is 1.84. The minimum absolute atomic E-state index is 0.00505. The second kappa shape index (κ2) is 7.72. The van der Waals surface area contributed by atoms with E-state index in [0.29, 0.717) is 6.04 Å². The first-order chi connectivity index (χ1) is 14.2. The number of imidazole rings is 1. The Balaban J connectivity index is 1.62. The van der Waals surface area contributed by atoms with E-state index in [1.807, 2.05) is 75.8 Å². The van der Waals surface area contributed by atoms with Crippen molar-refractivity contribution in [3.8, 4) is 11.3 Å².